The third-order valence-corrected chi connectivity index (χ3v) is 4.33. The Balaban J connectivity index is 1.75. The second-order valence-corrected chi connectivity index (χ2v) is 6.41. The van der Waals surface area contributed by atoms with Gasteiger partial charge in [-0.3, -0.25) is 14.5 Å². The molecule has 0 saturated carbocycles. The van der Waals surface area contributed by atoms with Crippen LogP contribution < -0.4 is 15.1 Å². The molecule has 0 saturated heterocycles. The van der Waals surface area contributed by atoms with Crippen molar-refractivity contribution in [1.82, 2.24) is 9.78 Å². The summed E-state index contributed by atoms with van der Waals surface area (Å²) >= 11 is 0. The van der Waals surface area contributed by atoms with Gasteiger partial charge in [0.15, 0.2) is 5.69 Å². The summed E-state index contributed by atoms with van der Waals surface area (Å²) < 4.78 is 33.6. The Morgan fingerprint density at radius 3 is 2.57 bits per heavy atom. The number of hydrogen-bond donors (Lipinski definition) is 0. The lowest BCUT2D eigenvalue weighted by molar-refractivity contribution is 0.0953. The fraction of sp³-hybridized carbons (Fsp3) is 0.150. The van der Waals surface area contributed by atoms with E-state index in [1.54, 1.807) is 6.92 Å². The lowest BCUT2D eigenvalue weighted by Crippen LogP contribution is -2.44. The van der Waals surface area contributed by atoms with Gasteiger partial charge in [0.25, 0.3) is 5.91 Å². The van der Waals surface area contributed by atoms with E-state index >= 15 is 0 Å². The first-order chi connectivity index (χ1) is 13.4. The van der Waals surface area contributed by atoms with Gasteiger partial charge in [-0.25, -0.2) is 13.5 Å². The second kappa shape index (κ2) is 6.88. The third kappa shape index (κ3) is 3.24. The van der Waals surface area contributed by atoms with Gasteiger partial charge >= 0.3 is 0 Å². The van der Waals surface area contributed by atoms with Crippen LogP contribution in [0.25, 0.3) is 5.69 Å². The summed E-state index contributed by atoms with van der Waals surface area (Å²) in [4.78, 5) is 26.8. The Morgan fingerprint density at radius 2 is 1.82 bits per heavy atom. The van der Waals surface area contributed by atoms with Crippen molar-refractivity contribution in [2.45, 2.75) is 13.0 Å². The zero-order valence-corrected chi connectivity index (χ0v) is 14.8. The van der Waals surface area contributed by atoms with Crippen LogP contribution in [-0.2, 0) is 0 Å². The molecule has 0 N–H and O–H groups in total. The molecule has 6 nitrogen and oxygen atoms in total. The van der Waals surface area contributed by atoms with E-state index in [1.807, 2.05) is 0 Å². The lowest BCUT2D eigenvalue weighted by Gasteiger charge is -2.33. The first-order valence-corrected chi connectivity index (χ1v) is 8.56. The molecule has 1 amide bonds. The maximum absolute atomic E-state index is 13.5. The molecule has 1 aliphatic heterocycles. The van der Waals surface area contributed by atoms with Gasteiger partial charge in [0, 0.05) is 18.3 Å². The SMILES string of the molecule is CC1CN(C(=O)c2nn(-c3ccc(F)cc3)ccc2=O)c2ccc(F)cc2O1. The number of amides is 1. The molecule has 28 heavy (non-hydrogen) atoms. The lowest BCUT2D eigenvalue weighted by atomic mass is 10.1. The molecule has 3 aromatic rings. The van der Waals surface area contributed by atoms with Crippen molar-refractivity contribution in [2.75, 3.05) is 11.4 Å². The fourth-order valence-corrected chi connectivity index (χ4v) is 3.03. The van der Waals surface area contributed by atoms with E-state index in [0.717, 1.165) is 0 Å². The van der Waals surface area contributed by atoms with Gasteiger partial charge in [-0.2, -0.15) is 5.10 Å². The highest BCUT2D eigenvalue weighted by atomic mass is 19.1. The van der Waals surface area contributed by atoms with Crippen molar-refractivity contribution in [3.8, 4) is 11.4 Å². The number of ether oxygens (including phenoxy) is 1. The molecule has 1 aromatic heterocycles. The summed E-state index contributed by atoms with van der Waals surface area (Å²) in [6.07, 6.45) is 1.01. The van der Waals surface area contributed by atoms with E-state index in [4.69, 9.17) is 4.74 Å². The number of benzene rings is 2. The molecule has 4 rings (SSSR count). The molecular formula is C20H15F2N3O3. The average molecular weight is 383 g/mol. The smallest absolute Gasteiger partial charge is 0.283 e. The highest BCUT2D eigenvalue weighted by Gasteiger charge is 2.30. The maximum Gasteiger partial charge on any atom is 0.283 e. The Kier molecular flexibility index (Phi) is 4.38. The van der Waals surface area contributed by atoms with Crippen LogP contribution in [0.15, 0.2) is 59.5 Å². The molecule has 0 fully saturated rings. The van der Waals surface area contributed by atoms with Crippen molar-refractivity contribution >= 4 is 11.6 Å². The zero-order chi connectivity index (χ0) is 19.8. The molecule has 142 valence electrons. The van der Waals surface area contributed by atoms with Crippen molar-refractivity contribution in [1.29, 1.82) is 0 Å². The van der Waals surface area contributed by atoms with E-state index in [9.17, 15) is 18.4 Å². The summed E-state index contributed by atoms with van der Waals surface area (Å²) in [6.45, 7) is 1.92. The molecule has 8 heteroatoms. The van der Waals surface area contributed by atoms with Crippen LogP contribution in [0, 0.1) is 11.6 Å². The number of nitrogens with zero attached hydrogens (tertiary/aromatic N) is 3. The van der Waals surface area contributed by atoms with E-state index in [0.29, 0.717) is 11.4 Å². The second-order valence-electron chi connectivity index (χ2n) is 6.41. The molecule has 1 aliphatic rings. The van der Waals surface area contributed by atoms with Crippen LogP contribution in [0.4, 0.5) is 14.5 Å². The first kappa shape index (κ1) is 17.8. The molecule has 2 aromatic carbocycles. The molecule has 2 heterocycles. The highest BCUT2D eigenvalue weighted by Crippen LogP contribution is 2.34. The Labute approximate surface area is 158 Å². The largest absolute Gasteiger partial charge is 0.487 e. The molecule has 1 unspecified atom stereocenters. The van der Waals surface area contributed by atoms with Gasteiger partial charge in [-0.1, -0.05) is 0 Å². The summed E-state index contributed by atoms with van der Waals surface area (Å²) in [5, 5.41) is 4.14. The fourth-order valence-electron chi connectivity index (χ4n) is 3.03. The number of hydrogen-bond acceptors (Lipinski definition) is 4. The van der Waals surface area contributed by atoms with E-state index in [2.05, 4.69) is 5.10 Å². The van der Waals surface area contributed by atoms with Crippen LogP contribution in [0.3, 0.4) is 0 Å². The van der Waals surface area contributed by atoms with Gasteiger partial charge in [-0.05, 0) is 43.3 Å². The van der Waals surface area contributed by atoms with Crippen molar-refractivity contribution in [3.63, 3.8) is 0 Å². The highest BCUT2D eigenvalue weighted by molar-refractivity contribution is 6.05. The summed E-state index contributed by atoms with van der Waals surface area (Å²) in [5.41, 5.74) is 0.0125. The Bertz CT molecular complexity index is 1110. The Morgan fingerprint density at radius 1 is 1.11 bits per heavy atom. The number of fused-ring (bicyclic) bond motifs is 1. The van der Waals surface area contributed by atoms with Crippen LogP contribution in [-0.4, -0.2) is 28.3 Å². The minimum atomic E-state index is -0.621. The van der Waals surface area contributed by atoms with Crippen LogP contribution in [0.5, 0.6) is 5.75 Å². The average Bonchev–Trinajstić information content (AvgIpc) is 2.67. The third-order valence-electron chi connectivity index (χ3n) is 4.33. The first-order valence-electron chi connectivity index (χ1n) is 8.56. The molecule has 0 spiro atoms. The molecule has 1 atom stereocenters. The summed E-state index contributed by atoms with van der Waals surface area (Å²) in [5.74, 6) is -1.30. The number of halogens is 2. The number of anilines is 1. The quantitative estimate of drug-likeness (QED) is 0.683. The van der Waals surface area contributed by atoms with E-state index < -0.39 is 23.0 Å². The van der Waals surface area contributed by atoms with Crippen LogP contribution in [0.1, 0.15) is 17.4 Å². The van der Waals surface area contributed by atoms with Crippen molar-refractivity contribution in [3.05, 3.63) is 82.3 Å². The van der Waals surface area contributed by atoms with E-state index in [1.165, 1.54) is 64.3 Å². The topological polar surface area (TPSA) is 64.4 Å². The number of carbonyl (C=O) groups excluding carboxylic acids is 1. The predicted octanol–water partition coefficient (Wildman–Crippen LogP) is 2.94. The summed E-state index contributed by atoms with van der Waals surface area (Å²) in [7, 11) is 0. The van der Waals surface area contributed by atoms with Gasteiger partial charge in [0.2, 0.25) is 5.43 Å². The monoisotopic (exact) mass is 383 g/mol. The number of rotatable bonds is 2. The minimum Gasteiger partial charge on any atom is -0.487 e. The van der Waals surface area contributed by atoms with Gasteiger partial charge in [-0.15, -0.1) is 0 Å². The Hall–Kier alpha value is -3.55. The predicted molar refractivity (Wildman–Crippen MR) is 98.0 cm³/mol. The molecule has 0 aliphatic carbocycles. The van der Waals surface area contributed by atoms with Crippen LogP contribution in [0.2, 0.25) is 0 Å². The number of aromatic nitrogens is 2. The standard InChI is InChI=1S/C20H15F2N3O3/c1-12-11-24(16-7-4-14(22)10-18(16)28-12)20(27)19-17(26)8-9-25(23-19)15-5-2-13(21)3-6-15/h2-10,12H,11H2,1H3. The van der Waals surface area contributed by atoms with Crippen molar-refractivity contribution < 1.29 is 18.3 Å². The van der Waals surface area contributed by atoms with E-state index in [-0.39, 0.29) is 24.1 Å². The minimum absolute atomic E-state index is 0.185. The molecule has 0 radical (unpaired) electrons. The van der Waals surface area contributed by atoms with Crippen LogP contribution >= 0.6 is 0 Å². The molecular weight excluding hydrogens is 368 g/mol. The van der Waals surface area contributed by atoms with Gasteiger partial charge < -0.3 is 4.74 Å². The van der Waals surface area contributed by atoms with Crippen molar-refractivity contribution in [2.24, 2.45) is 0 Å². The number of carbonyl (C=O) groups is 1. The van der Waals surface area contributed by atoms with Gasteiger partial charge in [0.05, 0.1) is 17.9 Å². The molecule has 0 bridgehead atoms. The van der Waals surface area contributed by atoms with Gasteiger partial charge in [0.1, 0.15) is 23.5 Å². The normalized spacial score (nSPS) is 15.7. The summed E-state index contributed by atoms with van der Waals surface area (Å²) in [6, 6.07) is 10.5. The maximum atomic E-state index is 13.5. The zero-order valence-electron chi connectivity index (χ0n) is 14.8.